The molecule has 2 aliphatic rings. The quantitative estimate of drug-likeness (QED) is 0.704. The Bertz CT molecular complexity index is 489. The lowest BCUT2D eigenvalue weighted by atomic mass is 9.69. The highest BCUT2D eigenvalue weighted by atomic mass is 16.1. The number of hydrogen-bond acceptors (Lipinski definition) is 1. The minimum Gasteiger partial charge on any atom is -0.329 e. The number of benzene rings is 1. The number of hydrogen-bond donors (Lipinski definition) is 1. The van der Waals surface area contributed by atoms with Gasteiger partial charge in [0.1, 0.15) is 0 Å². The third-order valence-electron chi connectivity index (χ3n) is 3.86. The molecule has 1 N–H and O–H groups in total. The molecular formula is C14H15NO. The monoisotopic (exact) mass is 213 g/mol. The normalized spacial score (nSPS) is 27.6. The van der Waals surface area contributed by atoms with Crippen molar-refractivity contribution < 1.29 is 4.79 Å². The summed E-state index contributed by atoms with van der Waals surface area (Å²) in [6, 6.07) is 8.55. The summed E-state index contributed by atoms with van der Waals surface area (Å²) in [6.45, 7) is 2.23. The summed E-state index contributed by atoms with van der Waals surface area (Å²) in [6.07, 6.45) is 4.64. The minimum absolute atomic E-state index is 0.0166. The maximum Gasteiger partial charge on any atom is 0.224 e. The van der Waals surface area contributed by atoms with Crippen molar-refractivity contribution in [3.05, 3.63) is 47.2 Å². The topological polar surface area (TPSA) is 29.1 Å². The predicted octanol–water partition coefficient (Wildman–Crippen LogP) is 2.29. The number of fused-ring (bicyclic) bond motifs is 3. The molecule has 1 aromatic carbocycles. The molecule has 0 aromatic heterocycles. The van der Waals surface area contributed by atoms with Crippen LogP contribution in [0.2, 0.25) is 0 Å². The standard InChI is InChI=1S/C14H15NO/c1-14-9-8-13(16)15-12(14)7-6-10-4-2-3-5-11(10)14/h2-5,7H,6,8-9H2,1H3,(H,15,16). The minimum atomic E-state index is 0.0166. The van der Waals surface area contributed by atoms with Crippen LogP contribution < -0.4 is 5.32 Å². The van der Waals surface area contributed by atoms with Crippen LogP contribution in [0.4, 0.5) is 0 Å². The van der Waals surface area contributed by atoms with Crippen LogP contribution in [0, 0.1) is 0 Å². The lowest BCUT2D eigenvalue weighted by molar-refractivity contribution is -0.122. The van der Waals surface area contributed by atoms with E-state index in [2.05, 4.69) is 42.6 Å². The average molecular weight is 213 g/mol. The highest BCUT2D eigenvalue weighted by molar-refractivity contribution is 5.80. The summed E-state index contributed by atoms with van der Waals surface area (Å²) in [5, 5.41) is 3.02. The summed E-state index contributed by atoms with van der Waals surface area (Å²) in [4.78, 5) is 11.4. The Morgan fingerprint density at radius 3 is 3.00 bits per heavy atom. The molecule has 1 aliphatic carbocycles. The third-order valence-corrected chi connectivity index (χ3v) is 3.86. The molecule has 2 nitrogen and oxygen atoms in total. The number of allylic oxidation sites excluding steroid dienone is 2. The number of amides is 1. The van der Waals surface area contributed by atoms with Crippen molar-refractivity contribution in [2.45, 2.75) is 31.6 Å². The molecule has 1 amide bonds. The molecule has 0 saturated carbocycles. The predicted molar refractivity (Wildman–Crippen MR) is 63.0 cm³/mol. The van der Waals surface area contributed by atoms with Gasteiger partial charge in [-0.05, 0) is 30.9 Å². The molecule has 16 heavy (non-hydrogen) atoms. The Balaban J connectivity index is 2.12. The number of nitrogens with one attached hydrogen (secondary N) is 1. The molecule has 1 aromatic rings. The van der Waals surface area contributed by atoms with Crippen LogP contribution in [0.25, 0.3) is 0 Å². The molecule has 1 aliphatic heterocycles. The molecule has 1 atom stereocenters. The van der Waals surface area contributed by atoms with Crippen molar-refractivity contribution in [3.63, 3.8) is 0 Å². The highest BCUT2D eigenvalue weighted by Crippen LogP contribution is 2.42. The third kappa shape index (κ3) is 1.22. The van der Waals surface area contributed by atoms with Crippen molar-refractivity contribution in [2.24, 2.45) is 0 Å². The SMILES string of the molecule is CC12CCC(=O)NC1=CCc1ccccc12. The Kier molecular flexibility index (Phi) is 1.93. The highest BCUT2D eigenvalue weighted by Gasteiger charge is 2.39. The van der Waals surface area contributed by atoms with Gasteiger partial charge < -0.3 is 5.32 Å². The van der Waals surface area contributed by atoms with Gasteiger partial charge in [0.25, 0.3) is 0 Å². The average Bonchev–Trinajstić information content (AvgIpc) is 2.31. The van der Waals surface area contributed by atoms with Gasteiger partial charge in [-0.25, -0.2) is 0 Å². The Morgan fingerprint density at radius 1 is 1.31 bits per heavy atom. The lowest BCUT2D eigenvalue weighted by Crippen LogP contribution is -2.44. The van der Waals surface area contributed by atoms with Gasteiger partial charge in [-0.2, -0.15) is 0 Å². The van der Waals surface area contributed by atoms with Gasteiger partial charge >= 0.3 is 0 Å². The van der Waals surface area contributed by atoms with E-state index in [9.17, 15) is 4.79 Å². The van der Waals surface area contributed by atoms with E-state index in [0.717, 1.165) is 18.5 Å². The first kappa shape index (κ1) is 9.64. The summed E-state index contributed by atoms with van der Waals surface area (Å²) in [5.74, 6) is 0.156. The van der Waals surface area contributed by atoms with Gasteiger partial charge in [-0.15, -0.1) is 0 Å². The second-order valence-electron chi connectivity index (χ2n) is 4.86. The van der Waals surface area contributed by atoms with Gasteiger partial charge in [0.15, 0.2) is 0 Å². The molecule has 82 valence electrons. The van der Waals surface area contributed by atoms with Crippen LogP contribution >= 0.6 is 0 Å². The zero-order valence-electron chi connectivity index (χ0n) is 9.42. The fourth-order valence-electron chi connectivity index (χ4n) is 2.85. The molecule has 0 radical (unpaired) electrons. The second kappa shape index (κ2) is 3.21. The summed E-state index contributed by atoms with van der Waals surface area (Å²) in [5.41, 5.74) is 3.89. The van der Waals surface area contributed by atoms with Gasteiger partial charge in [0.2, 0.25) is 5.91 Å². The summed E-state index contributed by atoms with van der Waals surface area (Å²) < 4.78 is 0. The summed E-state index contributed by atoms with van der Waals surface area (Å²) >= 11 is 0. The first-order valence-corrected chi connectivity index (χ1v) is 5.79. The van der Waals surface area contributed by atoms with Crippen molar-refractivity contribution in [3.8, 4) is 0 Å². The Labute approximate surface area is 95.4 Å². The van der Waals surface area contributed by atoms with Crippen LogP contribution in [0.3, 0.4) is 0 Å². The molecule has 1 heterocycles. The van der Waals surface area contributed by atoms with E-state index in [1.807, 2.05) is 0 Å². The van der Waals surface area contributed by atoms with Crippen molar-refractivity contribution in [2.75, 3.05) is 0 Å². The molecular weight excluding hydrogens is 198 g/mol. The van der Waals surface area contributed by atoms with Crippen LogP contribution in [-0.4, -0.2) is 5.91 Å². The van der Waals surface area contributed by atoms with Gasteiger partial charge in [-0.3, -0.25) is 4.79 Å². The Morgan fingerprint density at radius 2 is 2.12 bits per heavy atom. The number of carbonyl (C=O) groups is 1. The van der Waals surface area contributed by atoms with Gasteiger partial charge in [-0.1, -0.05) is 30.3 Å². The molecule has 0 bridgehead atoms. The molecule has 1 unspecified atom stereocenters. The van der Waals surface area contributed by atoms with Gasteiger partial charge in [0.05, 0.1) is 0 Å². The number of rotatable bonds is 0. The second-order valence-corrected chi connectivity index (χ2v) is 4.86. The van der Waals surface area contributed by atoms with E-state index in [0.29, 0.717) is 6.42 Å². The Hall–Kier alpha value is -1.57. The van der Waals surface area contributed by atoms with E-state index in [1.54, 1.807) is 0 Å². The van der Waals surface area contributed by atoms with Crippen molar-refractivity contribution >= 4 is 5.91 Å². The molecule has 2 heteroatoms. The lowest BCUT2D eigenvalue weighted by Gasteiger charge is -2.40. The largest absolute Gasteiger partial charge is 0.329 e. The van der Waals surface area contributed by atoms with Crippen LogP contribution in [0.1, 0.15) is 30.9 Å². The zero-order chi connectivity index (χ0) is 11.2. The van der Waals surface area contributed by atoms with Crippen LogP contribution in [0.5, 0.6) is 0 Å². The van der Waals surface area contributed by atoms with E-state index in [-0.39, 0.29) is 11.3 Å². The first-order valence-electron chi connectivity index (χ1n) is 5.79. The first-order chi connectivity index (χ1) is 7.70. The molecule has 3 rings (SSSR count). The van der Waals surface area contributed by atoms with Crippen molar-refractivity contribution in [1.29, 1.82) is 0 Å². The zero-order valence-corrected chi connectivity index (χ0v) is 9.42. The van der Waals surface area contributed by atoms with E-state index >= 15 is 0 Å². The molecule has 1 fully saturated rings. The number of piperidine rings is 1. The van der Waals surface area contributed by atoms with E-state index in [4.69, 9.17) is 0 Å². The molecule has 1 saturated heterocycles. The van der Waals surface area contributed by atoms with Crippen molar-refractivity contribution in [1.82, 2.24) is 5.32 Å². The maximum atomic E-state index is 11.4. The fraction of sp³-hybridized carbons (Fsp3) is 0.357. The van der Waals surface area contributed by atoms with E-state index < -0.39 is 0 Å². The van der Waals surface area contributed by atoms with Crippen LogP contribution in [0.15, 0.2) is 36.0 Å². The van der Waals surface area contributed by atoms with Crippen LogP contribution in [-0.2, 0) is 16.6 Å². The fourth-order valence-corrected chi connectivity index (χ4v) is 2.85. The van der Waals surface area contributed by atoms with E-state index in [1.165, 1.54) is 11.1 Å². The number of carbonyl (C=O) groups excluding carboxylic acids is 1. The molecule has 0 spiro atoms. The maximum absolute atomic E-state index is 11.4. The van der Waals surface area contributed by atoms with Gasteiger partial charge in [0, 0.05) is 17.5 Å². The summed E-state index contributed by atoms with van der Waals surface area (Å²) in [7, 11) is 0. The smallest absolute Gasteiger partial charge is 0.224 e.